The summed E-state index contributed by atoms with van der Waals surface area (Å²) in [5, 5.41) is 0.954. The van der Waals surface area contributed by atoms with Gasteiger partial charge in [-0.05, 0) is 31.5 Å². The first kappa shape index (κ1) is 14.8. The Morgan fingerprint density at radius 2 is 2.26 bits per heavy atom. The molecule has 3 nitrogen and oxygen atoms in total. The molecule has 0 amide bonds. The highest BCUT2D eigenvalue weighted by Crippen LogP contribution is 2.21. The lowest BCUT2D eigenvalue weighted by Crippen LogP contribution is -2.34. The number of ether oxygens (including phenoxy) is 1. The van der Waals surface area contributed by atoms with Gasteiger partial charge in [0, 0.05) is 30.3 Å². The molecule has 0 aliphatic carbocycles. The van der Waals surface area contributed by atoms with E-state index in [-0.39, 0.29) is 11.9 Å². The second-order valence-corrected chi connectivity index (χ2v) is 5.66. The van der Waals surface area contributed by atoms with Crippen molar-refractivity contribution in [3.63, 3.8) is 0 Å². The molecule has 2 rings (SSSR count). The van der Waals surface area contributed by atoms with Crippen LogP contribution >= 0.6 is 23.2 Å². The van der Waals surface area contributed by atoms with Crippen LogP contribution in [0.3, 0.4) is 0 Å². The lowest BCUT2D eigenvalue weighted by Gasteiger charge is -2.21. The highest BCUT2D eigenvalue weighted by Gasteiger charge is 2.19. The van der Waals surface area contributed by atoms with Crippen molar-refractivity contribution in [1.82, 2.24) is 4.90 Å². The highest BCUT2D eigenvalue weighted by atomic mass is 35.5. The minimum Gasteiger partial charge on any atom is -0.377 e. The van der Waals surface area contributed by atoms with Crippen LogP contribution in [0.5, 0.6) is 0 Å². The summed E-state index contributed by atoms with van der Waals surface area (Å²) in [4.78, 5) is 14.4. The van der Waals surface area contributed by atoms with Crippen molar-refractivity contribution in [2.75, 3.05) is 26.2 Å². The number of carbonyl (C=O) groups is 1. The summed E-state index contributed by atoms with van der Waals surface area (Å²) in [6.07, 6.45) is 1.11. The molecule has 5 heteroatoms. The zero-order chi connectivity index (χ0) is 13.8. The van der Waals surface area contributed by atoms with Crippen molar-refractivity contribution in [2.45, 2.75) is 19.4 Å². The fourth-order valence-corrected chi connectivity index (χ4v) is 2.74. The van der Waals surface area contributed by atoms with E-state index in [1.165, 1.54) is 0 Å². The molecular formula is C14H17Cl2NO2. The molecule has 1 aromatic rings. The lowest BCUT2D eigenvalue weighted by molar-refractivity contribution is 0.0657. The Morgan fingerprint density at radius 3 is 3.00 bits per heavy atom. The SMILES string of the molecule is CC1CN(CC(=O)c2ccc(Cl)cc2Cl)CCCO1. The van der Waals surface area contributed by atoms with Gasteiger partial charge in [-0.15, -0.1) is 0 Å². The van der Waals surface area contributed by atoms with Crippen molar-refractivity contribution in [1.29, 1.82) is 0 Å². The van der Waals surface area contributed by atoms with Gasteiger partial charge in [0.25, 0.3) is 0 Å². The Hall–Kier alpha value is -0.610. The molecule has 0 bridgehead atoms. The maximum absolute atomic E-state index is 12.3. The quantitative estimate of drug-likeness (QED) is 0.803. The van der Waals surface area contributed by atoms with Crippen molar-refractivity contribution in [3.05, 3.63) is 33.8 Å². The monoisotopic (exact) mass is 301 g/mol. The Labute approximate surface area is 123 Å². The fraction of sp³-hybridized carbons (Fsp3) is 0.500. The number of carbonyl (C=O) groups excluding carboxylic acids is 1. The van der Waals surface area contributed by atoms with Crippen LogP contribution in [-0.4, -0.2) is 43.0 Å². The molecule has 19 heavy (non-hydrogen) atoms. The molecule has 1 aliphatic rings. The molecular weight excluding hydrogens is 285 g/mol. The van der Waals surface area contributed by atoms with Gasteiger partial charge in [0.1, 0.15) is 0 Å². The van der Waals surface area contributed by atoms with E-state index in [0.29, 0.717) is 22.2 Å². The molecule has 1 atom stereocenters. The van der Waals surface area contributed by atoms with Crippen molar-refractivity contribution < 1.29 is 9.53 Å². The molecule has 0 aromatic heterocycles. The van der Waals surface area contributed by atoms with Crippen LogP contribution in [0, 0.1) is 0 Å². The van der Waals surface area contributed by atoms with Crippen LogP contribution in [0.25, 0.3) is 0 Å². The highest BCUT2D eigenvalue weighted by molar-refractivity contribution is 6.36. The first-order chi connectivity index (χ1) is 9.06. The summed E-state index contributed by atoms with van der Waals surface area (Å²) in [5.41, 5.74) is 0.531. The number of Topliss-reactive ketones (excluding diaryl/α,β-unsaturated/α-hetero) is 1. The summed E-state index contributed by atoms with van der Waals surface area (Å²) in [7, 11) is 0. The summed E-state index contributed by atoms with van der Waals surface area (Å²) in [6.45, 7) is 4.80. The Balaban J connectivity index is 2.03. The molecule has 0 spiro atoms. The van der Waals surface area contributed by atoms with Crippen molar-refractivity contribution in [3.8, 4) is 0 Å². The predicted octanol–water partition coefficient (Wildman–Crippen LogP) is 3.29. The Bertz CT molecular complexity index is 465. The van der Waals surface area contributed by atoms with Crippen LogP contribution < -0.4 is 0 Å². The first-order valence-corrected chi connectivity index (χ1v) is 7.14. The number of benzene rings is 1. The van der Waals surface area contributed by atoms with Gasteiger partial charge in [-0.25, -0.2) is 0 Å². The molecule has 104 valence electrons. The van der Waals surface area contributed by atoms with Gasteiger partial charge in [0.15, 0.2) is 5.78 Å². The molecule has 1 fully saturated rings. The third-order valence-corrected chi connectivity index (χ3v) is 3.68. The molecule has 1 heterocycles. The minimum absolute atomic E-state index is 0.0239. The average molecular weight is 302 g/mol. The zero-order valence-corrected chi connectivity index (χ0v) is 12.4. The van der Waals surface area contributed by atoms with E-state index < -0.39 is 0 Å². The number of nitrogens with zero attached hydrogens (tertiary/aromatic N) is 1. The number of hydrogen-bond donors (Lipinski definition) is 0. The maximum atomic E-state index is 12.3. The number of rotatable bonds is 3. The minimum atomic E-state index is 0.0239. The molecule has 1 aromatic carbocycles. The molecule has 1 aliphatic heterocycles. The van der Waals surface area contributed by atoms with E-state index in [1.807, 2.05) is 6.92 Å². The lowest BCUT2D eigenvalue weighted by atomic mass is 10.1. The van der Waals surface area contributed by atoms with Gasteiger partial charge in [-0.3, -0.25) is 9.69 Å². The Morgan fingerprint density at radius 1 is 1.47 bits per heavy atom. The van der Waals surface area contributed by atoms with Gasteiger partial charge < -0.3 is 4.74 Å². The van der Waals surface area contributed by atoms with Crippen molar-refractivity contribution >= 4 is 29.0 Å². The Kier molecular flexibility index (Phi) is 5.22. The molecule has 1 unspecified atom stereocenters. The standard InChI is InChI=1S/C14H17Cl2NO2/c1-10-8-17(5-2-6-19-10)9-14(18)12-4-3-11(15)7-13(12)16/h3-4,7,10H,2,5-6,8-9H2,1H3. The van der Waals surface area contributed by atoms with Gasteiger partial charge >= 0.3 is 0 Å². The second kappa shape index (κ2) is 6.71. The topological polar surface area (TPSA) is 29.5 Å². The average Bonchev–Trinajstić information content (AvgIpc) is 2.53. The van der Waals surface area contributed by atoms with Crippen LogP contribution in [-0.2, 0) is 4.74 Å². The first-order valence-electron chi connectivity index (χ1n) is 6.38. The summed E-state index contributed by atoms with van der Waals surface area (Å²) < 4.78 is 5.56. The normalized spacial score (nSPS) is 21.1. The van der Waals surface area contributed by atoms with E-state index in [4.69, 9.17) is 27.9 Å². The predicted molar refractivity (Wildman–Crippen MR) is 77.3 cm³/mol. The van der Waals surface area contributed by atoms with Gasteiger partial charge in [-0.1, -0.05) is 23.2 Å². The van der Waals surface area contributed by atoms with Crippen molar-refractivity contribution in [2.24, 2.45) is 0 Å². The number of ketones is 1. The largest absolute Gasteiger partial charge is 0.377 e. The van der Waals surface area contributed by atoms with Crippen LogP contribution in [0.4, 0.5) is 0 Å². The molecule has 0 radical (unpaired) electrons. The van der Waals surface area contributed by atoms with E-state index >= 15 is 0 Å². The van der Waals surface area contributed by atoms with Crippen LogP contribution in [0.2, 0.25) is 10.0 Å². The fourth-order valence-electron chi connectivity index (χ4n) is 2.23. The number of hydrogen-bond acceptors (Lipinski definition) is 3. The number of halogens is 2. The third kappa shape index (κ3) is 4.18. The zero-order valence-electron chi connectivity index (χ0n) is 10.9. The molecule has 0 N–H and O–H groups in total. The van der Waals surface area contributed by atoms with Crippen LogP contribution in [0.1, 0.15) is 23.7 Å². The van der Waals surface area contributed by atoms with Gasteiger partial charge in [0.2, 0.25) is 0 Å². The van der Waals surface area contributed by atoms with E-state index in [0.717, 1.165) is 26.1 Å². The second-order valence-electron chi connectivity index (χ2n) is 4.82. The van der Waals surface area contributed by atoms with E-state index in [9.17, 15) is 4.79 Å². The summed E-state index contributed by atoms with van der Waals surface area (Å²) in [5.74, 6) is 0.0239. The van der Waals surface area contributed by atoms with Crippen LogP contribution in [0.15, 0.2) is 18.2 Å². The smallest absolute Gasteiger partial charge is 0.178 e. The van der Waals surface area contributed by atoms with Gasteiger partial charge in [-0.2, -0.15) is 0 Å². The van der Waals surface area contributed by atoms with Gasteiger partial charge in [0.05, 0.1) is 17.7 Å². The summed E-state index contributed by atoms with van der Waals surface area (Å²) >= 11 is 11.9. The molecule has 0 saturated carbocycles. The molecule has 1 saturated heterocycles. The maximum Gasteiger partial charge on any atom is 0.178 e. The summed E-state index contributed by atoms with van der Waals surface area (Å²) in [6, 6.07) is 4.98. The third-order valence-electron chi connectivity index (χ3n) is 3.14. The van der Waals surface area contributed by atoms with E-state index in [2.05, 4.69) is 4.90 Å². The van der Waals surface area contributed by atoms with E-state index in [1.54, 1.807) is 18.2 Å².